The Hall–Kier alpha value is -3.90. The molecule has 2 heterocycles. The average molecular weight is 1130 g/mol. The fourth-order valence-corrected chi connectivity index (χ4v) is 9.64. The van der Waals surface area contributed by atoms with Crippen molar-refractivity contribution in [3.63, 3.8) is 0 Å². The van der Waals surface area contributed by atoms with Crippen molar-refractivity contribution in [1.82, 2.24) is 37.8 Å². The molecule has 4 rings (SSSR count). The maximum atomic E-state index is 13.4. The van der Waals surface area contributed by atoms with E-state index in [0.29, 0.717) is 61.5 Å². The number of carbonyl (C=O) groups is 8. The Labute approximate surface area is 404 Å². The molecule has 20 heteroatoms. The van der Waals surface area contributed by atoms with Gasteiger partial charge < -0.3 is 35.9 Å². The van der Waals surface area contributed by atoms with Gasteiger partial charge in [0.25, 0.3) is 11.8 Å². The van der Waals surface area contributed by atoms with Crippen LogP contribution in [0.4, 0.5) is 0 Å². The van der Waals surface area contributed by atoms with Gasteiger partial charge in [0, 0.05) is 65.9 Å². The van der Waals surface area contributed by atoms with Crippen LogP contribution in [0, 0.1) is 6.92 Å². The number of aryl methyl sites for hydroxylation is 1. The molecule has 1 unspecified atom stereocenters. The van der Waals surface area contributed by atoms with Crippen LogP contribution in [0.1, 0.15) is 74.6 Å². The van der Waals surface area contributed by atoms with Crippen molar-refractivity contribution in [3.05, 3.63) is 70.9 Å². The van der Waals surface area contributed by atoms with E-state index < -0.39 is 41.9 Å². The molecule has 342 valence electrons. The van der Waals surface area contributed by atoms with Gasteiger partial charge in [-0.3, -0.25) is 40.2 Å². The Bertz CT molecular complexity index is 2090. The molecule has 63 heavy (non-hydrogen) atoms. The Kier molecular flexibility index (Phi) is 22.0. The van der Waals surface area contributed by atoms with Crippen LogP contribution in [0.25, 0.3) is 10.9 Å². The summed E-state index contributed by atoms with van der Waals surface area (Å²) in [5, 5.41) is 11.7. The number of thioether (sulfide) groups is 2. The highest BCUT2D eigenvalue weighted by Gasteiger charge is 2.37. The summed E-state index contributed by atoms with van der Waals surface area (Å²) in [6, 6.07) is 10.9. The molecular weight excluding hydrogens is 1070 g/mol. The van der Waals surface area contributed by atoms with Gasteiger partial charge >= 0.3 is 0 Å². The quantitative estimate of drug-likeness (QED) is 0.0308. The predicted octanol–water partition coefficient (Wildman–Crippen LogP) is 4.19. The van der Waals surface area contributed by atoms with E-state index in [1.165, 1.54) is 19.8 Å². The van der Waals surface area contributed by atoms with Gasteiger partial charge in [0.05, 0.1) is 58.8 Å². The summed E-state index contributed by atoms with van der Waals surface area (Å²) < 4.78 is 3.87. The third-order valence-electron chi connectivity index (χ3n) is 10.3. The van der Waals surface area contributed by atoms with Crippen molar-refractivity contribution in [2.75, 3.05) is 31.1 Å². The molecule has 1 aliphatic heterocycles. The van der Waals surface area contributed by atoms with E-state index >= 15 is 0 Å². The van der Waals surface area contributed by atoms with E-state index in [9.17, 15) is 38.4 Å². The van der Waals surface area contributed by atoms with E-state index in [-0.39, 0.29) is 43.1 Å². The zero-order valence-corrected chi connectivity index (χ0v) is 41.6. The zero-order valence-electron chi connectivity index (χ0n) is 35.6. The van der Waals surface area contributed by atoms with Crippen molar-refractivity contribution in [1.29, 1.82) is 0 Å². The predicted molar refractivity (Wildman–Crippen MR) is 263 cm³/mol. The Balaban J connectivity index is 1.13. The molecule has 1 saturated heterocycles. The number of nitrogens with one attached hydrogen (secondary N) is 6. The minimum Gasteiger partial charge on any atom is -0.361 e. The number of amides is 7. The van der Waals surface area contributed by atoms with Crippen LogP contribution < -0.4 is 24.8 Å². The van der Waals surface area contributed by atoms with Gasteiger partial charge in [-0.2, -0.15) is 23.5 Å². The second kappa shape index (κ2) is 26.8. The summed E-state index contributed by atoms with van der Waals surface area (Å²) >= 11 is 6.59. The highest BCUT2D eigenvalue weighted by molar-refractivity contribution is 14.1. The van der Waals surface area contributed by atoms with Gasteiger partial charge in [0.1, 0.15) is 30.5 Å². The number of nitrogens with zero attached hydrogens (tertiary/aromatic N) is 2. The first-order valence-electron chi connectivity index (χ1n) is 20.8. The number of carbonyl (C=O) groups excluding carboxylic acids is 8. The molecule has 16 nitrogen and oxygen atoms in total. The number of halogens is 2. The lowest BCUT2D eigenvalue weighted by Crippen LogP contribution is -2.55. The van der Waals surface area contributed by atoms with Crippen molar-refractivity contribution >= 4 is 128 Å². The summed E-state index contributed by atoms with van der Waals surface area (Å²) in [7, 11) is 0. The number of aldehydes is 1. The van der Waals surface area contributed by atoms with Crippen LogP contribution in [-0.4, -0.2) is 116 Å². The molecule has 0 bridgehead atoms. The lowest BCUT2D eigenvalue weighted by molar-refractivity contribution is -0.141. The highest BCUT2D eigenvalue weighted by Crippen LogP contribution is 2.24. The second-order valence-electron chi connectivity index (χ2n) is 15.3. The van der Waals surface area contributed by atoms with Crippen molar-refractivity contribution < 1.29 is 38.4 Å². The molecule has 0 aliphatic carbocycles. The normalized spacial score (nSPS) is 14.9. The number of hydrogen-bond acceptors (Lipinski definition) is 10. The van der Waals surface area contributed by atoms with Crippen molar-refractivity contribution in [2.45, 2.75) is 101 Å². The standard InChI is InChI=1S/C43H56I2N8O8S2/c1-4-5-11-38(56)49-28(3)43(61)52-15-7-10-36(52)42(60)50-35(41(59)51-44)26-63-25-30-9-6-8-29(18-30)24-62-16-14-37(55)47-21-39(57)48-22-40(58)53(45)32(23-54)19-31-20-46-34-13-12-27(2)17-33(31)34/h6,8-9,12-13,17-18,20,23,28,32,35-36,46H,4-5,7,10-11,14-16,19,21-22,24-26H2,1-3H3,(H,47,55)(H,48,57)(H,49,56)(H,50,60)(H,51,59)/t28-,32-,35-,36?/m0/s1. The Morgan fingerprint density at radius 1 is 0.952 bits per heavy atom. The molecule has 3 aromatic rings. The number of hydrogen-bond donors (Lipinski definition) is 6. The van der Waals surface area contributed by atoms with Crippen LogP contribution in [0.15, 0.2) is 48.7 Å². The molecule has 1 fully saturated rings. The van der Waals surface area contributed by atoms with Crippen LogP contribution in [-0.2, 0) is 56.3 Å². The molecule has 0 saturated carbocycles. The SMILES string of the molecule is CCCCC(=O)N[C@@H](C)C(=O)N1CCCC1C(=O)N[C@@H](CSCc1cccc(CSCCC(=O)NCC(=O)NCC(=O)N(I)[C@H](C=O)Cc2c[nH]c3ccc(C)cc23)c1)C(=O)NI. The summed E-state index contributed by atoms with van der Waals surface area (Å²) in [5.74, 6) is -0.497. The minimum absolute atomic E-state index is 0.190. The van der Waals surface area contributed by atoms with Crippen molar-refractivity contribution in [2.24, 2.45) is 0 Å². The number of likely N-dealkylation sites (tertiary alicyclic amines) is 1. The monoisotopic (exact) mass is 1130 g/mol. The van der Waals surface area contributed by atoms with E-state index in [2.05, 4.69) is 35.8 Å². The zero-order chi connectivity index (χ0) is 45.9. The van der Waals surface area contributed by atoms with Gasteiger partial charge in [-0.1, -0.05) is 49.2 Å². The smallest absolute Gasteiger partial charge is 0.252 e. The van der Waals surface area contributed by atoms with Gasteiger partial charge in [-0.15, -0.1) is 0 Å². The lowest BCUT2D eigenvalue weighted by Gasteiger charge is -2.28. The molecule has 1 aromatic heterocycles. The number of benzene rings is 2. The molecule has 4 atom stereocenters. The summed E-state index contributed by atoms with van der Waals surface area (Å²) in [6.07, 6.45) is 6.09. The van der Waals surface area contributed by atoms with Gasteiger partial charge in [0.15, 0.2) is 0 Å². The first-order chi connectivity index (χ1) is 30.2. The molecular formula is C43H56I2N8O8S2. The van der Waals surface area contributed by atoms with Crippen LogP contribution >= 0.6 is 69.3 Å². The number of rotatable bonds is 25. The second-order valence-corrected chi connectivity index (χ2v) is 19.0. The van der Waals surface area contributed by atoms with Gasteiger partial charge in [0.2, 0.25) is 29.5 Å². The number of unbranched alkanes of at least 4 members (excludes halogenated alkanes) is 1. The molecule has 2 aromatic carbocycles. The summed E-state index contributed by atoms with van der Waals surface area (Å²) in [5.41, 5.74) is 5.01. The van der Waals surface area contributed by atoms with Crippen molar-refractivity contribution in [3.8, 4) is 0 Å². The van der Waals surface area contributed by atoms with E-state index in [0.717, 1.165) is 46.0 Å². The van der Waals surface area contributed by atoms with Gasteiger partial charge in [-0.25, -0.2) is 0 Å². The first kappa shape index (κ1) is 51.7. The number of H-pyrrole nitrogens is 1. The number of aromatic amines is 1. The Morgan fingerprint density at radius 3 is 2.40 bits per heavy atom. The lowest BCUT2D eigenvalue weighted by atomic mass is 10.0. The summed E-state index contributed by atoms with van der Waals surface area (Å²) in [4.78, 5) is 106. The molecule has 0 radical (unpaired) electrons. The number of aromatic nitrogens is 1. The van der Waals surface area contributed by atoms with E-state index in [1.54, 1.807) is 64.4 Å². The van der Waals surface area contributed by atoms with Crippen LogP contribution in [0.5, 0.6) is 0 Å². The first-order valence-corrected chi connectivity index (χ1v) is 25.2. The third-order valence-corrected chi connectivity index (χ3v) is 14.2. The van der Waals surface area contributed by atoms with Crippen LogP contribution in [0.2, 0.25) is 0 Å². The topological polar surface area (TPSA) is 219 Å². The molecule has 1 aliphatic rings. The van der Waals surface area contributed by atoms with Crippen LogP contribution in [0.3, 0.4) is 0 Å². The Morgan fingerprint density at radius 2 is 1.68 bits per heavy atom. The van der Waals surface area contributed by atoms with E-state index in [1.807, 2.05) is 56.4 Å². The third kappa shape index (κ3) is 16.6. The maximum absolute atomic E-state index is 13.4. The van der Waals surface area contributed by atoms with E-state index in [4.69, 9.17) is 0 Å². The molecule has 7 amide bonds. The molecule has 6 N–H and O–H groups in total. The summed E-state index contributed by atoms with van der Waals surface area (Å²) in [6.45, 7) is 5.38. The molecule has 0 spiro atoms. The van der Waals surface area contributed by atoms with Gasteiger partial charge in [-0.05, 0) is 61.9 Å². The largest absolute Gasteiger partial charge is 0.361 e. The minimum atomic E-state index is -0.823. The highest BCUT2D eigenvalue weighted by atomic mass is 127. The number of fused-ring (bicyclic) bond motifs is 1. The average Bonchev–Trinajstić information content (AvgIpc) is 3.93. The fourth-order valence-electron chi connectivity index (χ4n) is 6.87. The maximum Gasteiger partial charge on any atom is 0.252 e. The fraction of sp³-hybridized carbons (Fsp3) is 0.488.